The number of hydrogen-bond acceptors (Lipinski definition) is 3. The van der Waals surface area contributed by atoms with Gasteiger partial charge in [-0.25, -0.2) is 4.79 Å². The molecule has 3 aliphatic heterocycles. The largest absolute Gasteiger partial charge is 0.332 e. The molecule has 0 radical (unpaired) electrons. The summed E-state index contributed by atoms with van der Waals surface area (Å²) in [6, 6.07) is 4.34. The van der Waals surface area contributed by atoms with Crippen LogP contribution in [0.3, 0.4) is 0 Å². The van der Waals surface area contributed by atoms with Gasteiger partial charge in [-0.05, 0) is 43.6 Å². The molecular weight excluding hydrogens is 375 g/mol. The number of nitrogens with zero attached hydrogens (tertiary/aromatic N) is 2. The van der Waals surface area contributed by atoms with Crippen LogP contribution in [-0.2, 0) is 4.79 Å². The summed E-state index contributed by atoms with van der Waals surface area (Å²) in [6.07, 6.45) is 2.45. The molecule has 0 bridgehead atoms. The Morgan fingerprint density at radius 1 is 1.08 bits per heavy atom. The fourth-order valence-electron chi connectivity index (χ4n) is 3.82. The molecule has 4 rings (SSSR count). The third kappa shape index (κ3) is 3.29. The summed E-state index contributed by atoms with van der Waals surface area (Å²) < 4.78 is 0. The third-order valence-electron chi connectivity index (χ3n) is 5.18. The molecule has 3 amide bonds. The van der Waals surface area contributed by atoms with Crippen LogP contribution in [0.4, 0.5) is 4.79 Å². The Balaban J connectivity index is 1.55. The highest BCUT2D eigenvalue weighted by atomic mass is 35.5. The molecule has 3 heterocycles. The number of hydrogen-bond donors (Lipinski definition) is 2. The van der Waals surface area contributed by atoms with E-state index in [0.29, 0.717) is 34.4 Å². The summed E-state index contributed by atoms with van der Waals surface area (Å²) in [5.74, 6) is -0.0391. The Labute approximate surface area is 162 Å². The van der Waals surface area contributed by atoms with E-state index >= 15 is 0 Å². The van der Waals surface area contributed by atoms with Crippen molar-refractivity contribution in [2.24, 2.45) is 0 Å². The Morgan fingerprint density at radius 2 is 1.85 bits per heavy atom. The highest BCUT2D eigenvalue weighted by molar-refractivity contribution is 6.42. The molecular formula is C18H20Cl2N4O2. The van der Waals surface area contributed by atoms with Crippen molar-refractivity contribution >= 4 is 35.1 Å². The van der Waals surface area contributed by atoms with Gasteiger partial charge in [-0.15, -0.1) is 0 Å². The molecule has 1 aromatic rings. The second-order valence-electron chi connectivity index (χ2n) is 6.87. The van der Waals surface area contributed by atoms with Crippen molar-refractivity contribution in [1.29, 1.82) is 0 Å². The molecule has 0 aromatic heterocycles. The van der Waals surface area contributed by atoms with E-state index in [4.69, 9.17) is 23.2 Å². The van der Waals surface area contributed by atoms with Crippen LogP contribution in [0, 0.1) is 0 Å². The maximum atomic E-state index is 13.0. The van der Waals surface area contributed by atoms with Crippen LogP contribution in [-0.4, -0.2) is 54.5 Å². The predicted molar refractivity (Wildman–Crippen MR) is 100 cm³/mol. The van der Waals surface area contributed by atoms with Crippen LogP contribution in [0.25, 0.3) is 0 Å². The smallest absolute Gasteiger partial charge is 0.319 e. The van der Waals surface area contributed by atoms with Crippen molar-refractivity contribution in [1.82, 2.24) is 20.4 Å². The van der Waals surface area contributed by atoms with Gasteiger partial charge in [0.15, 0.2) is 0 Å². The van der Waals surface area contributed by atoms with Gasteiger partial charge in [0, 0.05) is 13.1 Å². The number of rotatable bonds is 4. The lowest BCUT2D eigenvalue weighted by Crippen LogP contribution is -2.44. The minimum Gasteiger partial charge on any atom is -0.332 e. The highest BCUT2D eigenvalue weighted by Crippen LogP contribution is 2.34. The first-order valence-electron chi connectivity index (χ1n) is 8.80. The van der Waals surface area contributed by atoms with E-state index < -0.39 is 6.04 Å². The molecule has 0 aliphatic carbocycles. The quantitative estimate of drug-likeness (QED) is 0.824. The van der Waals surface area contributed by atoms with Crippen molar-refractivity contribution in [2.75, 3.05) is 32.7 Å². The maximum Gasteiger partial charge on any atom is 0.319 e. The van der Waals surface area contributed by atoms with Gasteiger partial charge in [0.25, 0.3) is 5.91 Å². The predicted octanol–water partition coefficient (Wildman–Crippen LogP) is 2.54. The first kappa shape index (κ1) is 17.6. The molecule has 3 aliphatic rings. The molecule has 26 heavy (non-hydrogen) atoms. The summed E-state index contributed by atoms with van der Waals surface area (Å²) in [4.78, 5) is 29.2. The van der Waals surface area contributed by atoms with Gasteiger partial charge >= 0.3 is 6.03 Å². The fraction of sp³-hybridized carbons (Fsp3) is 0.444. The van der Waals surface area contributed by atoms with Crippen LogP contribution in [0.15, 0.2) is 29.5 Å². The average molecular weight is 395 g/mol. The van der Waals surface area contributed by atoms with E-state index in [1.54, 1.807) is 23.1 Å². The van der Waals surface area contributed by atoms with Crippen molar-refractivity contribution in [2.45, 2.75) is 18.9 Å². The van der Waals surface area contributed by atoms with E-state index in [0.717, 1.165) is 25.2 Å². The summed E-state index contributed by atoms with van der Waals surface area (Å²) in [5.41, 5.74) is 2.01. The van der Waals surface area contributed by atoms with Crippen LogP contribution in [0.1, 0.15) is 24.4 Å². The number of urea groups is 1. The Kier molecular flexibility index (Phi) is 4.82. The van der Waals surface area contributed by atoms with E-state index in [2.05, 4.69) is 15.5 Å². The normalized spacial score (nSPS) is 23.3. The van der Waals surface area contributed by atoms with Gasteiger partial charge in [-0.3, -0.25) is 4.79 Å². The molecule has 1 fully saturated rings. The van der Waals surface area contributed by atoms with Gasteiger partial charge in [-0.2, -0.15) is 0 Å². The van der Waals surface area contributed by atoms with E-state index in [9.17, 15) is 9.59 Å². The number of likely N-dealkylation sites (tertiary alicyclic amines) is 1. The monoisotopic (exact) mass is 394 g/mol. The Hall–Kier alpha value is -1.76. The summed E-state index contributed by atoms with van der Waals surface area (Å²) in [5, 5.41) is 6.46. The van der Waals surface area contributed by atoms with Crippen molar-refractivity contribution < 1.29 is 9.59 Å². The second kappa shape index (κ2) is 7.10. The minimum absolute atomic E-state index is 0.0391. The van der Waals surface area contributed by atoms with Crippen LogP contribution in [0.2, 0.25) is 10.0 Å². The number of halogens is 2. The molecule has 0 unspecified atom stereocenters. The molecule has 0 saturated carbocycles. The zero-order valence-corrected chi connectivity index (χ0v) is 15.7. The third-order valence-corrected chi connectivity index (χ3v) is 5.92. The Bertz CT molecular complexity index is 789. The zero-order valence-electron chi connectivity index (χ0n) is 14.2. The van der Waals surface area contributed by atoms with Crippen LogP contribution >= 0.6 is 23.2 Å². The summed E-state index contributed by atoms with van der Waals surface area (Å²) >= 11 is 12.1. The van der Waals surface area contributed by atoms with Gasteiger partial charge in [0.05, 0.1) is 33.9 Å². The minimum atomic E-state index is -0.516. The Morgan fingerprint density at radius 3 is 2.58 bits per heavy atom. The van der Waals surface area contributed by atoms with Gasteiger partial charge < -0.3 is 20.4 Å². The lowest BCUT2D eigenvalue weighted by atomic mass is 9.96. The van der Waals surface area contributed by atoms with Gasteiger partial charge in [-0.1, -0.05) is 29.3 Å². The van der Waals surface area contributed by atoms with Crippen LogP contribution < -0.4 is 10.6 Å². The van der Waals surface area contributed by atoms with Crippen molar-refractivity contribution in [3.8, 4) is 0 Å². The first-order chi connectivity index (χ1) is 12.5. The van der Waals surface area contributed by atoms with E-state index in [1.165, 1.54) is 12.8 Å². The molecule has 8 heteroatoms. The molecule has 138 valence electrons. The lowest BCUT2D eigenvalue weighted by molar-refractivity contribution is -0.126. The average Bonchev–Trinajstić information content (AvgIpc) is 3.23. The van der Waals surface area contributed by atoms with E-state index in [-0.39, 0.29) is 11.9 Å². The second-order valence-corrected chi connectivity index (χ2v) is 7.69. The van der Waals surface area contributed by atoms with Crippen LogP contribution in [0.5, 0.6) is 0 Å². The fourth-order valence-corrected chi connectivity index (χ4v) is 4.13. The molecule has 0 spiro atoms. The van der Waals surface area contributed by atoms with Gasteiger partial charge in [0.2, 0.25) is 0 Å². The molecule has 6 nitrogen and oxygen atoms in total. The van der Waals surface area contributed by atoms with Crippen molar-refractivity contribution in [3.63, 3.8) is 0 Å². The number of benzene rings is 1. The summed E-state index contributed by atoms with van der Waals surface area (Å²) in [7, 11) is 0. The number of carbonyl (C=O) groups is 2. The molecule has 1 atom stereocenters. The SMILES string of the molecule is O=C1NC2=C(C(=O)N(CCN3CCCC3)C2)[C@@H](c2ccc(Cl)c(Cl)c2)N1. The van der Waals surface area contributed by atoms with Crippen molar-refractivity contribution in [3.05, 3.63) is 45.1 Å². The topological polar surface area (TPSA) is 64.7 Å². The highest BCUT2D eigenvalue weighted by Gasteiger charge is 2.40. The molecule has 1 saturated heterocycles. The van der Waals surface area contributed by atoms with E-state index in [1.807, 2.05) is 0 Å². The van der Waals surface area contributed by atoms with Gasteiger partial charge in [0.1, 0.15) is 0 Å². The summed E-state index contributed by atoms with van der Waals surface area (Å²) in [6.45, 7) is 4.16. The molecule has 1 aromatic carbocycles. The standard InChI is InChI=1S/C18H20Cl2N4O2/c19-12-4-3-11(9-13(12)20)16-15-14(21-18(26)22-16)10-24(17(15)25)8-7-23-5-1-2-6-23/h3-4,9,16H,1-2,5-8,10H2,(H2,21,22,26)/t16-/m1/s1. The first-order valence-corrected chi connectivity index (χ1v) is 9.55. The number of amides is 3. The molecule has 2 N–H and O–H groups in total. The number of carbonyl (C=O) groups excluding carboxylic acids is 2. The zero-order chi connectivity index (χ0) is 18.3. The lowest BCUT2D eigenvalue weighted by Gasteiger charge is -2.26. The number of nitrogens with one attached hydrogen (secondary N) is 2. The maximum absolute atomic E-state index is 13.0.